The average molecular weight is 295 g/mol. The van der Waals surface area contributed by atoms with Crippen molar-refractivity contribution in [3.8, 4) is 0 Å². The normalized spacial score (nSPS) is 10.3. The van der Waals surface area contributed by atoms with E-state index in [1.54, 1.807) is 18.2 Å². The van der Waals surface area contributed by atoms with Crippen molar-refractivity contribution < 1.29 is 4.79 Å². The number of para-hydroxylation sites is 1. The molecule has 0 saturated heterocycles. The average Bonchev–Trinajstić information content (AvgIpc) is 2.37. The smallest absolute Gasteiger partial charge is 0.255 e. The number of amides is 1. The molecule has 0 spiro atoms. The molecule has 0 aliphatic rings. The molecule has 0 atom stereocenters. The topological polar surface area (TPSA) is 55.1 Å². The zero-order chi connectivity index (χ0) is 14.0. The fourth-order valence-corrected chi connectivity index (χ4v) is 2.09. The van der Waals surface area contributed by atoms with Crippen molar-refractivity contribution in [2.45, 2.75) is 6.92 Å². The molecule has 0 heterocycles. The van der Waals surface area contributed by atoms with Crippen LogP contribution in [0.5, 0.6) is 0 Å². The number of hydrogen-bond donors (Lipinski definition) is 2. The summed E-state index contributed by atoms with van der Waals surface area (Å²) in [5, 5.41) is 3.62. The summed E-state index contributed by atoms with van der Waals surface area (Å²) < 4.78 is 0. The summed E-state index contributed by atoms with van der Waals surface area (Å²) >= 11 is 11.9. The van der Waals surface area contributed by atoms with Gasteiger partial charge in [0.15, 0.2) is 0 Å². The van der Waals surface area contributed by atoms with Crippen molar-refractivity contribution in [2.24, 2.45) is 0 Å². The van der Waals surface area contributed by atoms with Gasteiger partial charge in [-0.15, -0.1) is 0 Å². The van der Waals surface area contributed by atoms with Crippen LogP contribution >= 0.6 is 23.2 Å². The molecular formula is C14H12Cl2N2O. The molecule has 3 nitrogen and oxygen atoms in total. The minimum atomic E-state index is -0.280. The van der Waals surface area contributed by atoms with Gasteiger partial charge in [-0.2, -0.15) is 0 Å². The Morgan fingerprint density at radius 3 is 2.53 bits per heavy atom. The Hall–Kier alpha value is -1.71. The molecule has 2 rings (SSSR count). The Morgan fingerprint density at radius 2 is 1.89 bits per heavy atom. The molecule has 19 heavy (non-hydrogen) atoms. The molecule has 0 unspecified atom stereocenters. The molecule has 0 fully saturated rings. The van der Waals surface area contributed by atoms with Gasteiger partial charge in [0.25, 0.3) is 5.91 Å². The van der Waals surface area contributed by atoms with E-state index in [4.69, 9.17) is 28.9 Å². The maximum Gasteiger partial charge on any atom is 0.255 e. The van der Waals surface area contributed by atoms with E-state index in [1.807, 2.05) is 19.1 Å². The van der Waals surface area contributed by atoms with E-state index in [1.165, 1.54) is 6.07 Å². The number of aryl methyl sites for hydroxylation is 1. The Kier molecular flexibility index (Phi) is 3.98. The second-order valence-electron chi connectivity index (χ2n) is 4.12. The second kappa shape index (κ2) is 5.51. The number of benzene rings is 2. The highest BCUT2D eigenvalue weighted by molar-refractivity contribution is 6.34. The van der Waals surface area contributed by atoms with Gasteiger partial charge in [-0.05, 0) is 36.8 Å². The molecule has 98 valence electrons. The van der Waals surface area contributed by atoms with Crippen LogP contribution in [0.3, 0.4) is 0 Å². The third kappa shape index (κ3) is 3.00. The van der Waals surface area contributed by atoms with Gasteiger partial charge in [-0.25, -0.2) is 0 Å². The van der Waals surface area contributed by atoms with Crippen molar-refractivity contribution in [3.05, 3.63) is 57.6 Å². The summed E-state index contributed by atoms with van der Waals surface area (Å²) in [7, 11) is 0. The Morgan fingerprint density at radius 1 is 1.16 bits per heavy atom. The van der Waals surface area contributed by atoms with E-state index < -0.39 is 0 Å². The first-order valence-electron chi connectivity index (χ1n) is 5.60. The van der Waals surface area contributed by atoms with Crippen molar-refractivity contribution >= 4 is 40.5 Å². The van der Waals surface area contributed by atoms with Crippen molar-refractivity contribution in [1.29, 1.82) is 0 Å². The minimum Gasteiger partial charge on any atom is -0.398 e. The standard InChI is InChI=1S/C14H12Cl2N2O/c1-8-3-2-4-10(15)13(8)18-14(19)9-5-6-12(17)11(16)7-9/h2-7H,17H2,1H3,(H,18,19). The van der Waals surface area contributed by atoms with Crippen LogP contribution in [0.1, 0.15) is 15.9 Å². The molecule has 0 aliphatic heterocycles. The molecule has 1 amide bonds. The van der Waals surface area contributed by atoms with E-state index in [-0.39, 0.29) is 5.91 Å². The Balaban J connectivity index is 2.28. The molecule has 0 aromatic heterocycles. The molecule has 2 aromatic rings. The summed E-state index contributed by atoms with van der Waals surface area (Å²) in [6.45, 7) is 1.87. The number of hydrogen-bond acceptors (Lipinski definition) is 2. The number of nitrogens with one attached hydrogen (secondary N) is 1. The van der Waals surface area contributed by atoms with Gasteiger partial charge in [-0.1, -0.05) is 35.3 Å². The van der Waals surface area contributed by atoms with Gasteiger partial charge in [0.1, 0.15) is 0 Å². The van der Waals surface area contributed by atoms with Crippen LogP contribution in [0.15, 0.2) is 36.4 Å². The van der Waals surface area contributed by atoms with Gasteiger partial charge >= 0.3 is 0 Å². The van der Waals surface area contributed by atoms with Crippen molar-refractivity contribution in [2.75, 3.05) is 11.1 Å². The van der Waals surface area contributed by atoms with Gasteiger partial charge < -0.3 is 11.1 Å². The molecule has 5 heteroatoms. The largest absolute Gasteiger partial charge is 0.398 e. The highest BCUT2D eigenvalue weighted by Gasteiger charge is 2.11. The second-order valence-corrected chi connectivity index (χ2v) is 4.94. The molecule has 3 N–H and O–H groups in total. The van der Waals surface area contributed by atoms with E-state index in [9.17, 15) is 4.79 Å². The molecule has 2 aromatic carbocycles. The summed E-state index contributed by atoms with van der Waals surface area (Å²) in [5.74, 6) is -0.280. The number of carbonyl (C=O) groups is 1. The monoisotopic (exact) mass is 294 g/mol. The van der Waals surface area contributed by atoms with E-state index >= 15 is 0 Å². The Labute approximate surface area is 121 Å². The lowest BCUT2D eigenvalue weighted by atomic mass is 10.1. The van der Waals surface area contributed by atoms with Crippen LogP contribution in [-0.2, 0) is 0 Å². The zero-order valence-electron chi connectivity index (χ0n) is 10.2. The van der Waals surface area contributed by atoms with Gasteiger partial charge in [-0.3, -0.25) is 4.79 Å². The fraction of sp³-hybridized carbons (Fsp3) is 0.0714. The number of rotatable bonds is 2. The van der Waals surface area contributed by atoms with Gasteiger partial charge in [0.2, 0.25) is 0 Å². The summed E-state index contributed by atoms with van der Waals surface area (Å²) in [6.07, 6.45) is 0. The highest BCUT2D eigenvalue weighted by Crippen LogP contribution is 2.26. The quantitative estimate of drug-likeness (QED) is 0.818. The highest BCUT2D eigenvalue weighted by atomic mass is 35.5. The number of nitrogens with two attached hydrogens (primary N) is 1. The zero-order valence-corrected chi connectivity index (χ0v) is 11.7. The minimum absolute atomic E-state index is 0.280. The number of halogens is 2. The maximum absolute atomic E-state index is 12.1. The lowest BCUT2D eigenvalue weighted by molar-refractivity contribution is 0.102. The van der Waals surface area contributed by atoms with Crippen LogP contribution in [0, 0.1) is 6.92 Å². The van der Waals surface area contributed by atoms with Crippen LogP contribution in [-0.4, -0.2) is 5.91 Å². The molecular weight excluding hydrogens is 283 g/mol. The third-order valence-electron chi connectivity index (χ3n) is 2.72. The Bertz CT molecular complexity index is 621. The summed E-state index contributed by atoms with van der Waals surface area (Å²) in [4.78, 5) is 12.1. The van der Waals surface area contributed by atoms with Crippen LogP contribution in [0.25, 0.3) is 0 Å². The van der Waals surface area contributed by atoms with Crippen LogP contribution < -0.4 is 11.1 Å². The summed E-state index contributed by atoms with van der Waals surface area (Å²) in [5.41, 5.74) is 7.96. The van der Waals surface area contributed by atoms with Crippen molar-refractivity contribution in [3.63, 3.8) is 0 Å². The first kappa shape index (κ1) is 13.7. The van der Waals surface area contributed by atoms with E-state index in [0.29, 0.717) is 27.0 Å². The lowest BCUT2D eigenvalue weighted by Gasteiger charge is -2.10. The molecule has 0 radical (unpaired) electrons. The van der Waals surface area contributed by atoms with Crippen LogP contribution in [0.4, 0.5) is 11.4 Å². The molecule has 0 bridgehead atoms. The SMILES string of the molecule is Cc1cccc(Cl)c1NC(=O)c1ccc(N)c(Cl)c1. The van der Waals surface area contributed by atoms with Gasteiger partial charge in [0, 0.05) is 5.56 Å². The number of nitrogen functional groups attached to an aromatic ring is 1. The van der Waals surface area contributed by atoms with Crippen molar-refractivity contribution in [1.82, 2.24) is 0 Å². The molecule has 0 aliphatic carbocycles. The van der Waals surface area contributed by atoms with E-state index in [0.717, 1.165) is 5.56 Å². The maximum atomic E-state index is 12.1. The predicted octanol–water partition coefficient (Wildman–Crippen LogP) is 4.14. The molecule has 0 saturated carbocycles. The van der Waals surface area contributed by atoms with Crippen LogP contribution in [0.2, 0.25) is 10.0 Å². The van der Waals surface area contributed by atoms with E-state index in [2.05, 4.69) is 5.32 Å². The predicted molar refractivity (Wildman–Crippen MR) is 80.0 cm³/mol. The fourth-order valence-electron chi connectivity index (χ4n) is 1.64. The first-order chi connectivity index (χ1) is 8.99. The summed E-state index contributed by atoms with van der Waals surface area (Å²) in [6, 6.07) is 10.2. The first-order valence-corrected chi connectivity index (χ1v) is 6.36. The van der Waals surface area contributed by atoms with Gasteiger partial charge in [0.05, 0.1) is 21.4 Å². The third-order valence-corrected chi connectivity index (χ3v) is 3.37. The number of anilines is 2. The number of carbonyl (C=O) groups excluding carboxylic acids is 1. The lowest BCUT2D eigenvalue weighted by Crippen LogP contribution is -2.13.